The van der Waals surface area contributed by atoms with Crippen LogP contribution < -0.4 is 10.5 Å². The van der Waals surface area contributed by atoms with Crippen LogP contribution in [0.1, 0.15) is 19.8 Å². The molecule has 0 aliphatic carbocycles. The van der Waals surface area contributed by atoms with Crippen LogP contribution in [0.15, 0.2) is 0 Å². The van der Waals surface area contributed by atoms with E-state index in [2.05, 4.69) is 5.32 Å². The largest absolute Gasteiger partial charge is 0.480 e. The zero-order valence-corrected chi connectivity index (χ0v) is 10.8. The van der Waals surface area contributed by atoms with Gasteiger partial charge in [0.1, 0.15) is 6.04 Å². The Morgan fingerprint density at radius 3 is 2.28 bits per heavy atom. The van der Waals surface area contributed by atoms with E-state index >= 15 is 0 Å². The summed E-state index contributed by atoms with van der Waals surface area (Å²) in [6.07, 6.45) is 0.684. The molecule has 0 aromatic heterocycles. The molecule has 8 nitrogen and oxygen atoms in total. The van der Waals surface area contributed by atoms with Gasteiger partial charge in [0.2, 0.25) is 5.91 Å². The Bertz CT molecular complexity index is 427. The lowest BCUT2D eigenvalue weighted by molar-refractivity contribution is -0.142. The monoisotopic (exact) mass is 279 g/mol. The molecule has 0 aromatic rings. The van der Waals surface area contributed by atoms with Crippen molar-refractivity contribution < 1.29 is 23.1 Å². The number of carbonyl (C=O) groups is 2. The highest BCUT2D eigenvalue weighted by Gasteiger charge is 2.30. The van der Waals surface area contributed by atoms with Crippen molar-refractivity contribution in [2.24, 2.45) is 11.1 Å². The van der Waals surface area contributed by atoms with Crippen molar-refractivity contribution in [3.63, 3.8) is 0 Å². The summed E-state index contributed by atoms with van der Waals surface area (Å²) in [6.45, 7) is 1.73. The molecule has 1 aliphatic rings. The van der Waals surface area contributed by atoms with Gasteiger partial charge in [-0.25, -0.2) is 5.14 Å². The first kappa shape index (κ1) is 14.9. The smallest absolute Gasteiger partial charge is 0.325 e. The zero-order chi connectivity index (χ0) is 13.9. The van der Waals surface area contributed by atoms with Gasteiger partial charge in [0.05, 0.1) is 0 Å². The van der Waals surface area contributed by atoms with Crippen LogP contribution in [0.3, 0.4) is 0 Å². The molecule has 1 amide bonds. The van der Waals surface area contributed by atoms with Crippen LogP contribution in [0.4, 0.5) is 0 Å². The Morgan fingerprint density at radius 2 is 1.89 bits per heavy atom. The molecule has 0 bridgehead atoms. The van der Waals surface area contributed by atoms with Crippen LogP contribution in [0.5, 0.6) is 0 Å². The minimum atomic E-state index is -3.70. The van der Waals surface area contributed by atoms with Crippen molar-refractivity contribution in [1.82, 2.24) is 9.62 Å². The molecule has 0 aromatic carbocycles. The SMILES string of the molecule is C[C@@H](NC(=O)C1CCN(S(N)(=O)=O)CC1)C(=O)O. The highest BCUT2D eigenvalue weighted by atomic mass is 32.2. The molecular formula is C9H17N3O5S. The van der Waals surface area contributed by atoms with Gasteiger partial charge in [0.15, 0.2) is 0 Å². The van der Waals surface area contributed by atoms with Gasteiger partial charge in [-0.1, -0.05) is 0 Å². The lowest BCUT2D eigenvalue weighted by Crippen LogP contribution is -2.47. The third-order valence-electron chi connectivity index (χ3n) is 2.91. The normalized spacial score (nSPS) is 20.3. The number of rotatable bonds is 4. The molecule has 1 atom stereocenters. The molecule has 0 spiro atoms. The summed E-state index contributed by atoms with van der Waals surface area (Å²) in [5, 5.41) is 16.0. The second-order valence-electron chi connectivity index (χ2n) is 4.29. The van der Waals surface area contributed by atoms with Crippen LogP contribution in [0.25, 0.3) is 0 Å². The number of hydrogen-bond acceptors (Lipinski definition) is 4. The van der Waals surface area contributed by atoms with Crippen molar-refractivity contribution >= 4 is 22.1 Å². The minimum absolute atomic E-state index is 0.179. The lowest BCUT2D eigenvalue weighted by Gasteiger charge is -2.29. The molecule has 1 rings (SSSR count). The average molecular weight is 279 g/mol. The van der Waals surface area contributed by atoms with E-state index < -0.39 is 22.2 Å². The third-order valence-corrected chi connectivity index (χ3v) is 4.00. The number of amides is 1. The Morgan fingerprint density at radius 1 is 1.39 bits per heavy atom. The number of nitrogens with two attached hydrogens (primary N) is 1. The maximum Gasteiger partial charge on any atom is 0.325 e. The predicted molar refractivity (Wildman–Crippen MR) is 62.6 cm³/mol. The lowest BCUT2D eigenvalue weighted by atomic mass is 9.97. The number of nitrogens with one attached hydrogen (secondary N) is 1. The number of carboxylic acids is 1. The first-order valence-electron chi connectivity index (χ1n) is 5.53. The summed E-state index contributed by atoms with van der Waals surface area (Å²) >= 11 is 0. The number of hydrogen-bond donors (Lipinski definition) is 3. The van der Waals surface area contributed by atoms with Gasteiger partial charge in [-0.15, -0.1) is 0 Å². The summed E-state index contributed by atoms with van der Waals surface area (Å²) in [7, 11) is -3.70. The Hall–Kier alpha value is -1.19. The molecule has 0 saturated carbocycles. The maximum atomic E-state index is 11.7. The summed E-state index contributed by atoms with van der Waals surface area (Å²) in [6, 6.07) is -0.950. The zero-order valence-electron chi connectivity index (χ0n) is 10.00. The van der Waals surface area contributed by atoms with E-state index in [1.165, 1.54) is 6.92 Å². The van der Waals surface area contributed by atoms with Gasteiger partial charge >= 0.3 is 5.97 Å². The first-order chi connectivity index (χ1) is 8.21. The van der Waals surface area contributed by atoms with E-state index in [1.54, 1.807) is 0 Å². The summed E-state index contributed by atoms with van der Waals surface area (Å²) < 4.78 is 23.2. The van der Waals surface area contributed by atoms with Crippen LogP contribution in [0, 0.1) is 5.92 Å². The standard InChI is InChI=1S/C9H17N3O5S/c1-6(9(14)15)11-8(13)7-2-4-12(5-3-7)18(10,16)17/h6-7H,2-5H2,1H3,(H,11,13)(H,14,15)(H2,10,16,17)/t6-/m1/s1. The van der Waals surface area contributed by atoms with E-state index in [4.69, 9.17) is 10.2 Å². The highest BCUT2D eigenvalue weighted by Crippen LogP contribution is 2.18. The fourth-order valence-corrected chi connectivity index (χ4v) is 2.49. The van der Waals surface area contributed by atoms with Crippen LogP contribution >= 0.6 is 0 Å². The van der Waals surface area contributed by atoms with Crippen LogP contribution in [-0.4, -0.2) is 48.8 Å². The van der Waals surface area contributed by atoms with Crippen molar-refractivity contribution in [2.75, 3.05) is 13.1 Å². The molecule has 1 heterocycles. The predicted octanol–water partition coefficient (Wildman–Crippen LogP) is -1.51. The van der Waals surface area contributed by atoms with E-state index in [9.17, 15) is 18.0 Å². The molecule has 0 unspecified atom stereocenters. The molecule has 18 heavy (non-hydrogen) atoms. The molecule has 1 aliphatic heterocycles. The van der Waals surface area contributed by atoms with Gasteiger partial charge in [-0.2, -0.15) is 12.7 Å². The molecule has 1 saturated heterocycles. The molecule has 9 heteroatoms. The van der Waals surface area contributed by atoms with Crippen LogP contribution in [-0.2, 0) is 19.8 Å². The quantitative estimate of drug-likeness (QED) is 0.576. The van der Waals surface area contributed by atoms with E-state index in [1.807, 2.05) is 0 Å². The number of aliphatic carboxylic acids is 1. The summed E-state index contributed by atoms with van der Waals surface area (Å²) in [5.41, 5.74) is 0. The Balaban J connectivity index is 2.48. The van der Waals surface area contributed by atoms with E-state index in [-0.39, 0.29) is 24.9 Å². The fraction of sp³-hybridized carbons (Fsp3) is 0.778. The Labute approximate surface area is 105 Å². The van der Waals surface area contributed by atoms with Gasteiger partial charge in [0, 0.05) is 19.0 Å². The number of piperidine rings is 1. The molecule has 4 N–H and O–H groups in total. The van der Waals surface area contributed by atoms with Gasteiger partial charge in [-0.3, -0.25) is 9.59 Å². The molecule has 1 fully saturated rings. The number of carbonyl (C=O) groups excluding carboxylic acids is 1. The molecule has 0 radical (unpaired) electrons. The molecular weight excluding hydrogens is 262 g/mol. The third kappa shape index (κ3) is 3.93. The second-order valence-corrected chi connectivity index (χ2v) is 5.83. The fourth-order valence-electron chi connectivity index (χ4n) is 1.77. The number of carboxylic acid groups (broad SMARTS) is 1. The summed E-state index contributed by atoms with van der Waals surface area (Å²) in [5.74, 6) is -1.84. The molecule has 104 valence electrons. The van der Waals surface area contributed by atoms with Gasteiger partial charge < -0.3 is 10.4 Å². The van der Waals surface area contributed by atoms with E-state index in [0.29, 0.717) is 12.8 Å². The van der Waals surface area contributed by atoms with Gasteiger partial charge in [0.25, 0.3) is 10.2 Å². The summed E-state index contributed by atoms with van der Waals surface area (Å²) in [4.78, 5) is 22.3. The van der Waals surface area contributed by atoms with Crippen LogP contribution in [0.2, 0.25) is 0 Å². The number of nitrogens with zero attached hydrogens (tertiary/aromatic N) is 1. The topological polar surface area (TPSA) is 130 Å². The van der Waals surface area contributed by atoms with E-state index in [0.717, 1.165) is 4.31 Å². The van der Waals surface area contributed by atoms with Gasteiger partial charge in [-0.05, 0) is 19.8 Å². The first-order valence-corrected chi connectivity index (χ1v) is 7.03. The maximum absolute atomic E-state index is 11.7. The van der Waals surface area contributed by atoms with Crippen molar-refractivity contribution in [3.8, 4) is 0 Å². The average Bonchev–Trinajstić information content (AvgIpc) is 2.27. The second kappa shape index (κ2) is 5.63. The van der Waals surface area contributed by atoms with Crippen molar-refractivity contribution in [2.45, 2.75) is 25.8 Å². The highest BCUT2D eigenvalue weighted by molar-refractivity contribution is 7.86. The van der Waals surface area contributed by atoms with Crippen molar-refractivity contribution in [3.05, 3.63) is 0 Å². The minimum Gasteiger partial charge on any atom is -0.480 e. The Kier molecular flexibility index (Phi) is 4.65. The van der Waals surface area contributed by atoms with Crippen molar-refractivity contribution in [1.29, 1.82) is 0 Å².